The maximum absolute atomic E-state index is 13.7. The molecule has 1 heterocycles. The van der Waals surface area contributed by atoms with Crippen molar-refractivity contribution in [2.75, 3.05) is 19.6 Å². The first kappa shape index (κ1) is 17.9. The van der Waals surface area contributed by atoms with E-state index in [0.717, 1.165) is 12.6 Å². The van der Waals surface area contributed by atoms with Crippen molar-refractivity contribution < 1.29 is 18.3 Å². The minimum absolute atomic E-state index is 0.00159. The maximum Gasteiger partial charge on any atom is 0.251 e. The van der Waals surface area contributed by atoms with E-state index in [4.69, 9.17) is 4.74 Å². The number of benzene rings is 2. The molecule has 2 fully saturated rings. The molecule has 0 spiro atoms. The van der Waals surface area contributed by atoms with E-state index >= 15 is 0 Å². The minimum Gasteiger partial charge on any atom is -0.488 e. The molecule has 27 heavy (non-hydrogen) atoms. The predicted octanol–water partition coefficient (Wildman–Crippen LogP) is 3.37. The van der Waals surface area contributed by atoms with Crippen LogP contribution in [0.2, 0.25) is 0 Å². The van der Waals surface area contributed by atoms with Crippen molar-refractivity contribution in [3.8, 4) is 5.75 Å². The SMILES string of the molecule is O=C(NCC1CC1)c1cccc(OC2CN(Cc3ccc(F)cc3F)C2)c1. The smallest absolute Gasteiger partial charge is 0.251 e. The van der Waals surface area contributed by atoms with Gasteiger partial charge in [-0.3, -0.25) is 9.69 Å². The average molecular weight is 372 g/mol. The third-order valence-electron chi connectivity index (χ3n) is 4.98. The molecule has 4 rings (SSSR count). The van der Waals surface area contributed by atoms with E-state index in [2.05, 4.69) is 5.32 Å². The van der Waals surface area contributed by atoms with Gasteiger partial charge in [0.1, 0.15) is 23.5 Å². The third-order valence-corrected chi connectivity index (χ3v) is 4.98. The lowest BCUT2D eigenvalue weighted by Crippen LogP contribution is -2.53. The van der Waals surface area contributed by atoms with Crippen molar-refractivity contribution in [3.63, 3.8) is 0 Å². The van der Waals surface area contributed by atoms with E-state index in [1.165, 1.54) is 25.0 Å². The summed E-state index contributed by atoms with van der Waals surface area (Å²) in [6, 6.07) is 10.8. The van der Waals surface area contributed by atoms with E-state index in [9.17, 15) is 13.6 Å². The van der Waals surface area contributed by atoms with Crippen LogP contribution in [0.5, 0.6) is 5.75 Å². The Hall–Kier alpha value is -2.47. The lowest BCUT2D eigenvalue weighted by atomic mass is 10.1. The summed E-state index contributed by atoms with van der Waals surface area (Å²) in [5.74, 6) is 0.132. The molecule has 1 aliphatic heterocycles. The van der Waals surface area contributed by atoms with Crippen molar-refractivity contribution in [1.82, 2.24) is 10.2 Å². The lowest BCUT2D eigenvalue weighted by molar-refractivity contribution is 0.0139. The highest BCUT2D eigenvalue weighted by molar-refractivity contribution is 5.94. The molecule has 1 N–H and O–H groups in total. The second-order valence-corrected chi connectivity index (χ2v) is 7.35. The fraction of sp³-hybridized carbons (Fsp3) is 0.381. The molecule has 1 saturated heterocycles. The Morgan fingerprint density at radius 1 is 1.15 bits per heavy atom. The van der Waals surface area contributed by atoms with Gasteiger partial charge in [-0.1, -0.05) is 12.1 Å². The Morgan fingerprint density at radius 3 is 2.70 bits per heavy atom. The molecule has 142 valence electrons. The summed E-state index contributed by atoms with van der Waals surface area (Å²) in [6.45, 7) is 2.49. The Kier molecular flexibility index (Phi) is 5.07. The zero-order valence-corrected chi connectivity index (χ0v) is 15.0. The Bertz CT molecular complexity index is 833. The van der Waals surface area contributed by atoms with Crippen LogP contribution < -0.4 is 10.1 Å². The molecule has 6 heteroatoms. The maximum atomic E-state index is 13.7. The van der Waals surface area contributed by atoms with Gasteiger partial charge < -0.3 is 10.1 Å². The number of carbonyl (C=O) groups is 1. The molecule has 0 radical (unpaired) electrons. The molecular weight excluding hydrogens is 350 g/mol. The normalized spacial score (nSPS) is 17.4. The van der Waals surface area contributed by atoms with Crippen LogP contribution >= 0.6 is 0 Å². The van der Waals surface area contributed by atoms with Gasteiger partial charge in [0.2, 0.25) is 0 Å². The van der Waals surface area contributed by atoms with Crippen LogP contribution in [0.4, 0.5) is 8.78 Å². The van der Waals surface area contributed by atoms with Gasteiger partial charge in [0.25, 0.3) is 5.91 Å². The average Bonchev–Trinajstić information content (AvgIpc) is 3.44. The van der Waals surface area contributed by atoms with Crippen LogP contribution in [-0.4, -0.2) is 36.5 Å². The van der Waals surface area contributed by atoms with Crippen LogP contribution in [0.15, 0.2) is 42.5 Å². The Labute approximate surface area is 157 Å². The summed E-state index contributed by atoms with van der Waals surface area (Å²) in [4.78, 5) is 14.2. The van der Waals surface area contributed by atoms with Crippen LogP contribution in [0, 0.1) is 17.6 Å². The Balaban J connectivity index is 1.27. The number of likely N-dealkylation sites (tertiary alicyclic amines) is 1. The second-order valence-electron chi connectivity index (χ2n) is 7.35. The number of carbonyl (C=O) groups excluding carboxylic acids is 1. The highest BCUT2D eigenvalue weighted by Crippen LogP contribution is 2.28. The van der Waals surface area contributed by atoms with Crippen LogP contribution in [0.3, 0.4) is 0 Å². The number of hydrogen-bond acceptors (Lipinski definition) is 3. The largest absolute Gasteiger partial charge is 0.488 e. The standard InChI is InChI=1S/C21H22F2N2O2/c22-17-7-6-16(20(23)9-17)11-25-12-19(13-25)27-18-3-1-2-15(8-18)21(26)24-10-14-4-5-14/h1-3,6-9,14,19H,4-5,10-13H2,(H,24,26). The molecule has 2 aromatic rings. The molecular formula is C21H22F2N2O2. The molecule has 1 amide bonds. The van der Waals surface area contributed by atoms with Gasteiger partial charge >= 0.3 is 0 Å². The van der Waals surface area contributed by atoms with Crippen molar-refractivity contribution in [1.29, 1.82) is 0 Å². The summed E-state index contributed by atoms with van der Waals surface area (Å²) in [6.07, 6.45) is 2.39. The molecule has 0 unspecified atom stereocenters. The van der Waals surface area contributed by atoms with Crippen molar-refractivity contribution in [2.45, 2.75) is 25.5 Å². The zero-order chi connectivity index (χ0) is 18.8. The van der Waals surface area contributed by atoms with Gasteiger partial charge in [0, 0.05) is 43.4 Å². The number of hydrogen-bond donors (Lipinski definition) is 1. The molecule has 2 aliphatic rings. The summed E-state index contributed by atoms with van der Waals surface area (Å²) in [7, 11) is 0. The first-order valence-corrected chi connectivity index (χ1v) is 9.28. The third kappa shape index (κ3) is 4.63. The van der Waals surface area contributed by atoms with Gasteiger partial charge in [-0.25, -0.2) is 8.78 Å². The number of amides is 1. The van der Waals surface area contributed by atoms with Crippen LogP contribution in [0.25, 0.3) is 0 Å². The van der Waals surface area contributed by atoms with Crippen molar-refractivity contribution in [2.24, 2.45) is 5.92 Å². The number of halogens is 2. The molecule has 0 bridgehead atoms. The molecule has 1 aliphatic carbocycles. The summed E-state index contributed by atoms with van der Waals surface area (Å²) < 4.78 is 32.6. The lowest BCUT2D eigenvalue weighted by Gasteiger charge is -2.39. The van der Waals surface area contributed by atoms with E-state index in [1.807, 2.05) is 17.0 Å². The quantitative estimate of drug-likeness (QED) is 0.810. The topological polar surface area (TPSA) is 41.6 Å². The van der Waals surface area contributed by atoms with E-state index in [1.54, 1.807) is 12.1 Å². The number of nitrogens with zero attached hydrogens (tertiary/aromatic N) is 1. The van der Waals surface area contributed by atoms with Gasteiger partial charge in [-0.15, -0.1) is 0 Å². The van der Waals surface area contributed by atoms with Gasteiger partial charge in [0.15, 0.2) is 0 Å². The highest BCUT2D eigenvalue weighted by Gasteiger charge is 2.29. The van der Waals surface area contributed by atoms with E-state index < -0.39 is 11.6 Å². The van der Waals surface area contributed by atoms with Crippen LogP contribution in [0.1, 0.15) is 28.8 Å². The van der Waals surface area contributed by atoms with E-state index in [0.29, 0.717) is 42.4 Å². The number of rotatable bonds is 7. The summed E-state index contributed by atoms with van der Waals surface area (Å²) in [5, 5.41) is 2.95. The Morgan fingerprint density at radius 2 is 1.96 bits per heavy atom. The molecule has 4 nitrogen and oxygen atoms in total. The monoisotopic (exact) mass is 372 g/mol. The summed E-state index contributed by atoms with van der Waals surface area (Å²) >= 11 is 0. The molecule has 0 aromatic heterocycles. The predicted molar refractivity (Wildman–Crippen MR) is 97.6 cm³/mol. The molecule has 1 saturated carbocycles. The van der Waals surface area contributed by atoms with Gasteiger partial charge in [0.05, 0.1) is 0 Å². The summed E-state index contributed by atoms with van der Waals surface area (Å²) in [5.41, 5.74) is 1.07. The minimum atomic E-state index is -0.567. The highest BCUT2D eigenvalue weighted by atomic mass is 19.1. The molecule has 2 aromatic carbocycles. The van der Waals surface area contributed by atoms with Crippen molar-refractivity contribution in [3.05, 3.63) is 65.2 Å². The first-order valence-electron chi connectivity index (χ1n) is 9.28. The molecule has 0 atom stereocenters. The number of ether oxygens (including phenoxy) is 1. The zero-order valence-electron chi connectivity index (χ0n) is 15.0. The van der Waals surface area contributed by atoms with Gasteiger partial charge in [-0.2, -0.15) is 0 Å². The van der Waals surface area contributed by atoms with Crippen LogP contribution in [-0.2, 0) is 6.54 Å². The fourth-order valence-corrected chi connectivity index (χ4v) is 3.18. The van der Waals surface area contributed by atoms with Crippen molar-refractivity contribution >= 4 is 5.91 Å². The number of nitrogens with one attached hydrogen (secondary N) is 1. The first-order chi connectivity index (χ1) is 13.1. The van der Waals surface area contributed by atoms with Gasteiger partial charge in [-0.05, 0) is 43.0 Å². The fourth-order valence-electron chi connectivity index (χ4n) is 3.18. The van der Waals surface area contributed by atoms with E-state index in [-0.39, 0.29) is 12.0 Å². The second kappa shape index (κ2) is 7.64.